The Hall–Kier alpha value is -1.62. The highest BCUT2D eigenvalue weighted by molar-refractivity contribution is 9.10. The maximum atomic E-state index is 14.7. The number of nitrogens with zero attached hydrogens (tertiary/aromatic N) is 4. The van der Waals surface area contributed by atoms with Crippen molar-refractivity contribution in [2.75, 3.05) is 18.0 Å². The highest BCUT2D eigenvalue weighted by Gasteiger charge is 2.39. The molecule has 0 unspecified atom stereocenters. The standard InChI is InChI=1S/C15H13BrClFN4O/c1-15(23)6-22(7-15)10-4-9(17)12(18)11(13(10)19-2)14-8(16)5-20-21(14)3/h4-5,23H,6-7H2,1,3H3. The molecule has 8 heteroatoms. The Morgan fingerprint density at radius 1 is 1.52 bits per heavy atom. The molecule has 2 aromatic rings. The van der Waals surface area contributed by atoms with Gasteiger partial charge in [0.1, 0.15) is 5.82 Å². The minimum Gasteiger partial charge on any atom is -0.386 e. The number of hydrogen-bond donors (Lipinski definition) is 1. The number of β-amino-alcohol motifs (C(OH)–C–C–N with tert-alkyl or cyclic N) is 1. The van der Waals surface area contributed by atoms with Crippen molar-refractivity contribution in [3.05, 3.63) is 39.0 Å². The van der Waals surface area contributed by atoms with Gasteiger partial charge in [-0.05, 0) is 28.9 Å². The van der Waals surface area contributed by atoms with Gasteiger partial charge in [0.05, 0.1) is 33.6 Å². The molecule has 1 aliphatic heterocycles. The normalized spacial score (nSPS) is 16.1. The van der Waals surface area contributed by atoms with Crippen molar-refractivity contribution in [2.45, 2.75) is 12.5 Å². The third-order valence-corrected chi connectivity index (χ3v) is 4.67. The van der Waals surface area contributed by atoms with E-state index in [0.717, 1.165) is 0 Å². The highest BCUT2D eigenvalue weighted by Crippen LogP contribution is 2.47. The van der Waals surface area contributed by atoms with Crippen molar-refractivity contribution in [1.29, 1.82) is 0 Å². The Balaban J connectivity index is 2.24. The molecular weight excluding hydrogens is 387 g/mol. The smallest absolute Gasteiger partial charge is 0.221 e. The molecule has 3 rings (SSSR count). The molecule has 1 N–H and O–H groups in total. The van der Waals surface area contributed by atoms with Crippen LogP contribution in [0.4, 0.5) is 15.8 Å². The first-order valence-electron chi connectivity index (χ1n) is 6.80. The Labute approximate surface area is 146 Å². The van der Waals surface area contributed by atoms with E-state index < -0.39 is 11.4 Å². The van der Waals surface area contributed by atoms with E-state index in [1.165, 1.54) is 16.9 Å². The molecule has 0 atom stereocenters. The van der Waals surface area contributed by atoms with Crippen molar-refractivity contribution in [2.24, 2.45) is 7.05 Å². The van der Waals surface area contributed by atoms with Gasteiger partial charge < -0.3 is 10.0 Å². The van der Waals surface area contributed by atoms with Gasteiger partial charge in [0, 0.05) is 31.4 Å². The lowest BCUT2D eigenvalue weighted by atomic mass is 9.94. The molecule has 23 heavy (non-hydrogen) atoms. The molecule has 0 bridgehead atoms. The van der Waals surface area contributed by atoms with Crippen LogP contribution < -0.4 is 4.90 Å². The Morgan fingerprint density at radius 2 is 2.17 bits per heavy atom. The lowest BCUT2D eigenvalue weighted by molar-refractivity contribution is 0.0311. The molecular formula is C15H13BrClFN4O. The van der Waals surface area contributed by atoms with Gasteiger partial charge in [-0.2, -0.15) is 5.10 Å². The van der Waals surface area contributed by atoms with Crippen LogP contribution >= 0.6 is 27.5 Å². The predicted octanol–water partition coefficient (Wildman–Crippen LogP) is 3.76. The van der Waals surface area contributed by atoms with E-state index in [4.69, 9.17) is 18.2 Å². The van der Waals surface area contributed by atoms with E-state index in [9.17, 15) is 9.50 Å². The van der Waals surface area contributed by atoms with Crippen molar-refractivity contribution in [3.8, 4) is 11.3 Å². The zero-order valence-electron chi connectivity index (χ0n) is 12.4. The molecule has 1 saturated heterocycles. The van der Waals surface area contributed by atoms with Crippen molar-refractivity contribution >= 4 is 38.9 Å². The van der Waals surface area contributed by atoms with E-state index in [2.05, 4.69) is 25.9 Å². The quantitative estimate of drug-likeness (QED) is 0.782. The number of halogens is 3. The second-order valence-electron chi connectivity index (χ2n) is 5.84. The van der Waals surface area contributed by atoms with Gasteiger partial charge in [0.15, 0.2) is 0 Å². The first kappa shape index (κ1) is 16.2. The minimum atomic E-state index is -0.812. The summed E-state index contributed by atoms with van der Waals surface area (Å²) in [6, 6.07) is 1.44. The zero-order chi connectivity index (χ0) is 16.9. The molecule has 0 spiro atoms. The molecule has 1 aromatic heterocycles. The lowest BCUT2D eigenvalue weighted by Gasteiger charge is -2.46. The van der Waals surface area contributed by atoms with E-state index in [-0.39, 0.29) is 16.3 Å². The van der Waals surface area contributed by atoms with Crippen LogP contribution in [0.5, 0.6) is 0 Å². The van der Waals surface area contributed by atoms with Gasteiger partial charge in [-0.3, -0.25) is 4.68 Å². The molecule has 1 fully saturated rings. The van der Waals surface area contributed by atoms with E-state index in [0.29, 0.717) is 28.9 Å². The topological polar surface area (TPSA) is 45.6 Å². The fourth-order valence-electron chi connectivity index (χ4n) is 2.81. The maximum absolute atomic E-state index is 14.7. The van der Waals surface area contributed by atoms with Crippen LogP contribution in [-0.2, 0) is 7.05 Å². The van der Waals surface area contributed by atoms with Gasteiger partial charge in [-0.1, -0.05) is 11.6 Å². The van der Waals surface area contributed by atoms with E-state index in [1.54, 1.807) is 14.0 Å². The number of benzene rings is 1. The number of rotatable bonds is 2. The fourth-order valence-corrected chi connectivity index (χ4v) is 3.56. The van der Waals surface area contributed by atoms with Crippen molar-refractivity contribution in [1.82, 2.24) is 9.78 Å². The number of aromatic nitrogens is 2. The SMILES string of the molecule is [C-]#[N+]c1c(N2CC(C)(O)C2)cc(Cl)c(F)c1-c1c(Br)cnn1C. The lowest BCUT2D eigenvalue weighted by Crippen LogP contribution is -2.60. The first-order valence-corrected chi connectivity index (χ1v) is 7.97. The number of hydrogen-bond acceptors (Lipinski definition) is 3. The minimum absolute atomic E-state index is 0.0676. The van der Waals surface area contributed by atoms with Crippen LogP contribution in [0.2, 0.25) is 5.02 Å². The van der Waals surface area contributed by atoms with Crippen LogP contribution in [0.25, 0.3) is 16.1 Å². The Morgan fingerprint density at radius 3 is 2.65 bits per heavy atom. The Kier molecular flexibility index (Phi) is 3.87. The van der Waals surface area contributed by atoms with Crippen LogP contribution in [0.1, 0.15) is 6.92 Å². The fraction of sp³-hybridized carbons (Fsp3) is 0.333. The summed E-state index contributed by atoms with van der Waals surface area (Å²) in [5.74, 6) is -0.655. The molecule has 0 amide bonds. The maximum Gasteiger partial charge on any atom is 0.221 e. The van der Waals surface area contributed by atoms with Crippen LogP contribution in [0.3, 0.4) is 0 Å². The molecule has 0 aliphatic carbocycles. The highest BCUT2D eigenvalue weighted by atomic mass is 79.9. The van der Waals surface area contributed by atoms with Gasteiger partial charge in [0.25, 0.3) is 0 Å². The zero-order valence-corrected chi connectivity index (χ0v) is 14.8. The summed E-state index contributed by atoms with van der Waals surface area (Å²) in [6.07, 6.45) is 1.54. The van der Waals surface area contributed by atoms with Crippen molar-refractivity contribution in [3.63, 3.8) is 0 Å². The first-order chi connectivity index (χ1) is 10.7. The largest absolute Gasteiger partial charge is 0.386 e. The third-order valence-electron chi connectivity index (χ3n) is 3.82. The molecule has 120 valence electrons. The summed E-state index contributed by atoms with van der Waals surface area (Å²) >= 11 is 9.39. The summed E-state index contributed by atoms with van der Waals surface area (Å²) in [4.78, 5) is 5.34. The summed E-state index contributed by atoms with van der Waals surface area (Å²) in [5.41, 5.74) is 0.422. The van der Waals surface area contributed by atoms with Crippen LogP contribution in [-0.4, -0.2) is 33.6 Å². The second-order valence-corrected chi connectivity index (χ2v) is 7.11. The molecule has 1 aliphatic rings. The number of aliphatic hydroxyl groups is 1. The second kappa shape index (κ2) is 5.48. The van der Waals surface area contributed by atoms with Crippen LogP contribution in [0, 0.1) is 12.4 Å². The number of aryl methyl sites for hydroxylation is 1. The van der Waals surface area contributed by atoms with E-state index in [1.807, 2.05) is 4.90 Å². The predicted molar refractivity (Wildman–Crippen MR) is 90.4 cm³/mol. The molecule has 0 saturated carbocycles. The summed E-state index contributed by atoms with van der Waals surface area (Å²) in [6.45, 7) is 9.95. The molecule has 5 nitrogen and oxygen atoms in total. The van der Waals surface area contributed by atoms with Gasteiger partial charge >= 0.3 is 0 Å². The molecule has 1 aromatic carbocycles. The van der Waals surface area contributed by atoms with Crippen LogP contribution in [0.15, 0.2) is 16.7 Å². The Bertz CT molecular complexity index is 815. The summed E-state index contributed by atoms with van der Waals surface area (Å²) < 4.78 is 16.8. The molecule has 2 heterocycles. The van der Waals surface area contributed by atoms with Gasteiger partial charge in [-0.15, -0.1) is 0 Å². The summed E-state index contributed by atoms with van der Waals surface area (Å²) in [5, 5.41) is 13.9. The average Bonchev–Trinajstić information content (AvgIpc) is 2.78. The monoisotopic (exact) mass is 398 g/mol. The van der Waals surface area contributed by atoms with Crippen molar-refractivity contribution < 1.29 is 9.50 Å². The van der Waals surface area contributed by atoms with Gasteiger partial charge in [-0.25, -0.2) is 9.24 Å². The van der Waals surface area contributed by atoms with Gasteiger partial charge in [0.2, 0.25) is 5.69 Å². The van der Waals surface area contributed by atoms with E-state index >= 15 is 0 Å². The molecule has 0 radical (unpaired) electrons. The number of anilines is 1. The summed E-state index contributed by atoms with van der Waals surface area (Å²) in [7, 11) is 1.67. The average molecular weight is 400 g/mol. The third kappa shape index (κ3) is 2.61.